The van der Waals surface area contributed by atoms with Crippen LogP contribution in [0, 0.1) is 0 Å². The molecule has 164 valence electrons. The molecular formula is C22H30N2O5S. The number of ether oxygens (including phenoxy) is 1. The highest BCUT2D eigenvalue weighted by atomic mass is 32.2. The van der Waals surface area contributed by atoms with Gasteiger partial charge in [-0.1, -0.05) is 43.7 Å². The molecule has 8 heteroatoms. The van der Waals surface area contributed by atoms with Crippen LogP contribution in [0.5, 0.6) is 0 Å². The van der Waals surface area contributed by atoms with Crippen LogP contribution in [-0.4, -0.2) is 50.9 Å². The van der Waals surface area contributed by atoms with Crippen LogP contribution in [0.4, 0.5) is 0 Å². The van der Waals surface area contributed by atoms with Gasteiger partial charge < -0.3 is 20.1 Å². The van der Waals surface area contributed by atoms with Gasteiger partial charge in [0.1, 0.15) is 0 Å². The Morgan fingerprint density at radius 2 is 1.97 bits per heavy atom. The quantitative estimate of drug-likeness (QED) is 0.458. The number of thioether (sulfide) groups is 1. The Labute approximate surface area is 181 Å². The zero-order valence-corrected chi connectivity index (χ0v) is 18.6. The summed E-state index contributed by atoms with van der Waals surface area (Å²) in [7, 11) is 0. The fraction of sp³-hybridized carbons (Fsp3) is 0.500. The molecule has 30 heavy (non-hydrogen) atoms. The van der Waals surface area contributed by atoms with E-state index in [4.69, 9.17) is 4.74 Å². The van der Waals surface area contributed by atoms with Gasteiger partial charge in [-0.05, 0) is 37.7 Å². The van der Waals surface area contributed by atoms with Crippen LogP contribution in [0.1, 0.15) is 46.1 Å². The van der Waals surface area contributed by atoms with Crippen LogP contribution < -0.4 is 5.32 Å². The van der Waals surface area contributed by atoms with Crippen LogP contribution in [0.25, 0.3) is 0 Å². The van der Waals surface area contributed by atoms with E-state index in [0.717, 1.165) is 12.0 Å². The van der Waals surface area contributed by atoms with Crippen LogP contribution in [0.15, 0.2) is 41.9 Å². The number of nitrogens with zero attached hydrogens (tertiary/aromatic N) is 1. The third-order valence-electron chi connectivity index (χ3n) is 4.66. The number of amides is 2. The number of rotatable bonds is 9. The van der Waals surface area contributed by atoms with Gasteiger partial charge in [-0.2, -0.15) is 0 Å². The van der Waals surface area contributed by atoms with Crippen LogP contribution in [0.2, 0.25) is 0 Å². The molecule has 3 atom stereocenters. The average Bonchev–Trinajstić information content (AvgIpc) is 2.68. The minimum Gasteiger partial charge on any atom is -0.459 e. The first kappa shape index (κ1) is 24.0. The summed E-state index contributed by atoms with van der Waals surface area (Å²) in [5.74, 6) is -1.82. The van der Waals surface area contributed by atoms with Gasteiger partial charge in [-0.25, -0.2) is 4.79 Å². The first-order valence-corrected chi connectivity index (χ1v) is 11.0. The lowest BCUT2D eigenvalue weighted by Gasteiger charge is -2.42. The van der Waals surface area contributed by atoms with E-state index in [9.17, 15) is 19.5 Å². The number of hydrogen-bond donors (Lipinski definition) is 2. The monoisotopic (exact) mass is 434 g/mol. The number of benzene rings is 1. The second-order valence-electron chi connectivity index (χ2n) is 7.55. The molecule has 0 spiro atoms. The van der Waals surface area contributed by atoms with Crippen molar-refractivity contribution < 1.29 is 24.2 Å². The van der Waals surface area contributed by atoms with E-state index in [1.165, 1.54) is 23.6 Å². The van der Waals surface area contributed by atoms with E-state index in [-0.39, 0.29) is 17.6 Å². The van der Waals surface area contributed by atoms with Crippen molar-refractivity contribution in [3.05, 3.63) is 47.5 Å². The van der Waals surface area contributed by atoms with Crippen molar-refractivity contribution in [3.63, 3.8) is 0 Å². The fourth-order valence-corrected chi connectivity index (χ4v) is 4.33. The predicted octanol–water partition coefficient (Wildman–Crippen LogP) is 2.59. The van der Waals surface area contributed by atoms with Crippen molar-refractivity contribution in [3.8, 4) is 0 Å². The number of esters is 1. The Bertz CT molecular complexity index is 783. The molecule has 0 aliphatic carbocycles. The molecule has 0 saturated carbocycles. The molecule has 0 radical (unpaired) electrons. The van der Waals surface area contributed by atoms with Gasteiger partial charge in [0.25, 0.3) is 5.72 Å². The molecule has 2 unspecified atom stereocenters. The Hall–Kier alpha value is -2.32. The molecular weight excluding hydrogens is 404 g/mol. The van der Waals surface area contributed by atoms with Gasteiger partial charge in [0.2, 0.25) is 11.8 Å². The lowest BCUT2D eigenvalue weighted by atomic mass is 9.93. The summed E-state index contributed by atoms with van der Waals surface area (Å²) in [5, 5.41) is 15.3. The van der Waals surface area contributed by atoms with Gasteiger partial charge in [-0.15, -0.1) is 11.8 Å². The largest absolute Gasteiger partial charge is 0.459 e. The first-order valence-electron chi connectivity index (χ1n) is 10.1. The topological polar surface area (TPSA) is 95.9 Å². The highest BCUT2D eigenvalue weighted by molar-refractivity contribution is 8.03. The fourth-order valence-electron chi connectivity index (χ4n) is 3.33. The molecule has 1 heterocycles. The van der Waals surface area contributed by atoms with E-state index < -0.39 is 29.7 Å². The number of aliphatic hydroxyl groups is 1. The molecule has 0 fully saturated rings. The predicted molar refractivity (Wildman–Crippen MR) is 116 cm³/mol. The summed E-state index contributed by atoms with van der Waals surface area (Å²) in [6.45, 7) is 6.50. The van der Waals surface area contributed by atoms with Crippen molar-refractivity contribution in [2.45, 2.75) is 70.1 Å². The van der Waals surface area contributed by atoms with Crippen LogP contribution in [-0.2, 0) is 25.5 Å². The zero-order chi connectivity index (χ0) is 22.3. The Morgan fingerprint density at radius 1 is 1.30 bits per heavy atom. The van der Waals surface area contributed by atoms with Crippen molar-refractivity contribution >= 4 is 29.5 Å². The Kier molecular flexibility index (Phi) is 8.49. The molecule has 2 N–H and O–H groups in total. The maximum absolute atomic E-state index is 13.2. The minimum atomic E-state index is -2.41. The van der Waals surface area contributed by atoms with E-state index in [2.05, 4.69) is 5.32 Å². The lowest BCUT2D eigenvalue weighted by molar-refractivity contribution is -0.184. The summed E-state index contributed by atoms with van der Waals surface area (Å²) in [6.07, 6.45) is 2.68. The smallest absolute Gasteiger partial charge is 0.362 e. The standard InChI is InChI=1S/C22H30N2O5S/c1-5-9-18-20(26)24(12-13-30-18)19(14-17-10-7-6-8-11-17)22(28,23-16(4)25)21(27)29-15(2)3/h6-8,10-13,15,18-19,28H,5,9,14H2,1-4H3,(H,23,25)/t18?,19-,22?/m0/s1. The van der Waals surface area contributed by atoms with E-state index in [1.54, 1.807) is 25.5 Å². The number of carbonyl (C=O) groups is 3. The molecule has 1 aromatic rings. The summed E-state index contributed by atoms with van der Waals surface area (Å²) >= 11 is 1.41. The normalized spacial score (nSPS) is 19.3. The van der Waals surface area contributed by atoms with E-state index in [0.29, 0.717) is 6.42 Å². The van der Waals surface area contributed by atoms with Gasteiger partial charge >= 0.3 is 5.97 Å². The van der Waals surface area contributed by atoms with E-state index in [1.807, 2.05) is 37.3 Å². The molecule has 0 aromatic heterocycles. The molecule has 1 aliphatic rings. The molecule has 2 amide bonds. The highest BCUT2D eigenvalue weighted by Gasteiger charge is 2.51. The molecule has 2 rings (SSSR count). The van der Waals surface area contributed by atoms with Gasteiger partial charge in [-0.3, -0.25) is 9.59 Å². The number of carbonyl (C=O) groups excluding carboxylic acids is 3. The molecule has 7 nitrogen and oxygen atoms in total. The van der Waals surface area contributed by atoms with Gasteiger partial charge in [0.15, 0.2) is 0 Å². The summed E-state index contributed by atoms with van der Waals surface area (Å²) in [6, 6.07) is 8.11. The maximum atomic E-state index is 13.2. The van der Waals surface area contributed by atoms with Crippen molar-refractivity contribution in [2.75, 3.05) is 0 Å². The maximum Gasteiger partial charge on any atom is 0.362 e. The van der Waals surface area contributed by atoms with Gasteiger partial charge in [0, 0.05) is 13.1 Å². The highest BCUT2D eigenvalue weighted by Crippen LogP contribution is 2.31. The second kappa shape index (κ2) is 10.6. The SMILES string of the molecule is CCCC1SC=CN([C@@H](Cc2ccccc2)C(O)(NC(C)=O)C(=O)OC(C)C)C1=O. The summed E-state index contributed by atoms with van der Waals surface area (Å²) < 4.78 is 5.26. The second-order valence-corrected chi connectivity index (χ2v) is 8.66. The van der Waals surface area contributed by atoms with Crippen LogP contribution in [0.3, 0.4) is 0 Å². The van der Waals surface area contributed by atoms with Crippen molar-refractivity contribution in [1.29, 1.82) is 0 Å². The van der Waals surface area contributed by atoms with Crippen LogP contribution >= 0.6 is 11.8 Å². The van der Waals surface area contributed by atoms with Gasteiger partial charge in [0.05, 0.1) is 17.4 Å². The zero-order valence-electron chi connectivity index (χ0n) is 17.8. The third kappa shape index (κ3) is 5.86. The average molecular weight is 435 g/mol. The Balaban J connectivity index is 2.52. The summed E-state index contributed by atoms with van der Waals surface area (Å²) in [5.41, 5.74) is -1.61. The molecule has 0 bridgehead atoms. The third-order valence-corrected chi connectivity index (χ3v) is 5.70. The minimum absolute atomic E-state index is 0.143. The van der Waals surface area contributed by atoms with E-state index >= 15 is 0 Å². The number of nitrogens with one attached hydrogen (secondary N) is 1. The number of hydrogen-bond acceptors (Lipinski definition) is 6. The van der Waals surface area contributed by atoms with Crippen molar-refractivity contribution in [1.82, 2.24) is 10.2 Å². The molecule has 1 aliphatic heterocycles. The lowest BCUT2D eigenvalue weighted by Crippen LogP contribution is -2.68. The molecule has 0 saturated heterocycles. The Morgan fingerprint density at radius 3 is 2.53 bits per heavy atom. The van der Waals surface area contributed by atoms with Crippen molar-refractivity contribution in [2.24, 2.45) is 0 Å². The molecule has 1 aromatic carbocycles. The summed E-state index contributed by atoms with van der Waals surface area (Å²) in [4.78, 5) is 39.4. The first-order chi connectivity index (χ1) is 14.2.